The molecule has 0 radical (unpaired) electrons. The number of likely N-dealkylation sites (tertiary alicyclic amines) is 1. The lowest BCUT2D eigenvalue weighted by Crippen LogP contribution is -2.49. The van der Waals surface area contributed by atoms with Gasteiger partial charge >= 0.3 is 6.16 Å². The van der Waals surface area contributed by atoms with E-state index in [0.29, 0.717) is 42.8 Å². The molecule has 2 atom stereocenters. The number of halogens is 1. The third-order valence-electron chi connectivity index (χ3n) is 4.47. The molecule has 1 aliphatic heterocycles. The zero-order chi connectivity index (χ0) is 17.1. The van der Waals surface area contributed by atoms with E-state index in [9.17, 15) is 14.4 Å². The molecule has 24 heavy (non-hydrogen) atoms. The maximum absolute atomic E-state index is 13.9. The normalized spacial score (nSPS) is 21.8. The monoisotopic (exact) mass is 336 g/mol. The number of nitrogens with zero attached hydrogens (tertiary/aromatic N) is 2. The van der Waals surface area contributed by atoms with Gasteiger partial charge in [-0.3, -0.25) is 4.90 Å². The van der Waals surface area contributed by atoms with Crippen LogP contribution >= 0.6 is 0 Å². The Labute approximate surface area is 139 Å². The van der Waals surface area contributed by atoms with Crippen molar-refractivity contribution in [3.8, 4) is 0 Å². The van der Waals surface area contributed by atoms with Crippen LogP contribution < -0.4 is 0 Å². The summed E-state index contributed by atoms with van der Waals surface area (Å²) in [5.41, 5.74) is 1.50. The molecule has 2 heterocycles. The highest BCUT2D eigenvalue weighted by atomic mass is 19.2. The number of hydrogen-bond donors (Lipinski definition) is 1. The van der Waals surface area contributed by atoms with Gasteiger partial charge in [-0.05, 0) is 24.5 Å². The topological polar surface area (TPSA) is 63.9 Å². The molecular weight excluding hydrogens is 315 g/mol. The minimum Gasteiger partial charge on any atom is -0.438 e. The molecule has 1 aliphatic rings. The summed E-state index contributed by atoms with van der Waals surface area (Å²) in [6, 6.07) is 7.35. The number of fused-ring (bicyclic) bond motifs is 1. The number of carbonyl (C=O) groups excluding carboxylic acids is 1. The Morgan fingerprint density at radius 1 is 1.42 bits per heavy atom. The van der Waals surface area contributed by atoms with E-state index in [-0.39, 0.29) is 0 Å². The Morgan fingerprint density at radius 3 is 3.00 bits per heavy atom. The molecule has 1 aromatic carbocycles. The molecule has 0 bridgehead atoms. The van der Waals surface area contributed by atoms with Crippen LogP contribution in [0.3, 0.4) is 0 Å². The van der Waals surface area contributed by atoms with Crippen LogP contribution in [-0.2, 0) is 15.9 Å². The van der Waals surface area contributed by atoms with E-state index in [2.05, 4.69) is 9.64 Å². The minimum atomic E-state index is -0.790. The van der Waals surface area contributed by atoms with Gasteiger partial charge in [0.05, 0.1) is 18.7 Å². The molecular formula is C17H21FN2O4. The smallest absolute Gasteiger partial charge is 0.438 e. The Bertz CT molecular complexity index is 718. The number of aliphatic hydroxyl groups excluding tert-OH is 1. The number of piperidine rings is 1. The number of benzene rings is 1. The average molecular weight is 336 g/mol. The third kappa shape index (κ3) is 3.52. The summed E-state index contributed by atoms with van der Waals surface area (Å²) in [7, 11) is 1.24. The first kappa shape index (κ1) is 16.7. The molecule has 1 N–H and O–H groups in total. The number of carbonyl (C=O) groups is 1. The van der Waals surface area contributed by atoms with Crippen LogP contribution in [-0.4, -0.2) is 59.9 Å². The van der Waals surface area contributed by atoms with Crippen LogP contribution in [0.5, 0.6) is 0 Å². The lowest BCUT2D eigenvalue weighted by atomic mass is 10.0. The summed E-state index contributed by atoms with van der Waals surface area (Å²) < 4.78 is 23.4. The van der Waals surface area contributed by atoms with Gasteiger partial charge in [-0.15, -0.1) is 0 Å². The predicted octanol–water partition coefficient (Wildman–Crippen LogP) is 2.13. The molecule has 0 spiro atoms. The second kappa shape index (κ2) is 7.19. The van der Waals surface area contributed by atoms with Crippen molar-refractivity contribution in [3.05, 3.63) is 36.0 Å². The molecule has 7 heteroatoms. The van der Waals surface area contributed by atoms with E-state index in [1.807, 2.05) is 18.2 Å². The third-order valence-corrected chi connectivity index (χ3v) is 4.47. The lowest BCUT2D eigenvalue weighted by molar-refractivity contribution is -0.0639. The average Bonchev–Trinajstić information content (AvgIpc) is 2.92. The van der Waals surface area contributed by atoms with Crippen LogP contribution in [0.25, 0.3) is 10.9 Å². The predicted molar refractivity (Wildman–Crippen MR) is 86.5 cm³/mol. The summed E-state index contributed by atoms with van der Waals surface area (Å²) in [6.45, 7) is 1.84. The summed E-state index contributed by atoms with van der Waals surface area (Å²) >= 11 is 0. The fraction of sp³-hybridized carbons (Fsp3) is 0.471. The van der Waals surface area contributed by atoms with E-state index in [1.54, 1.807) is 6.07 Å². The van der Waals surface area contributed by atoms with E-state index >= 15 is 0 Å². The lowest BCUT2D eigenvalue weighted by Gasteiger charge is -2.35. The van der Waals surface area contributed by atoms with Gasteiger partial charge < -0.3 is 14.6 Å². The first-order chi connectivity index (χ1) is 11.6. The molecule has 0 unspecified atom stereocenters. The number of ether oxygens (including phenoxy) is 2. The summed E-state index contributed by atoms with van der Waals surface area (Å²) in [5.74, 6) is 0. The van der Waals surface area contributed by atoms with Crippen LogP contribution in [0.1, 0.15) is 12.0 Å². The van der Waals surface area contributed by atoms with Gasteiger partial charge in [-0.2, -0.15) is 4.79 Å². The first-order valence-corrected chi connectivity index (χ1v) is 7.98. The highest BCUT2D eigenvalue weighted by Crippen LogP contribution is 2.23. The van der Waals surface area contributed by atoms with Crippen molar-refractivity contribution in [2.75, 3.05) is 26.7 Å². The maximum Gasteiger partial charge on any atom is 0.508 e. The summed E-state index contributed by atoms with van der Waals surface area (Å²) in [4.78, 5) is 14.0. The molecule has 0 aliphatic carbocycles. The molecule has 6 nitrogen and oxygen atoms in total. The van der Waals surface area contributed by atoms with Gasteiger partial charge in [0.2, 0.25) is 0 Å². The quantitative estimate of drug-likeness (QED) is 0.867. The molecule has 1 fully saturated rings. The SMILES string of the molecule is COC(=O)O[C@H]1CN(CCc2cn(F)c3ccccc23)CC[C@@H]1O. The highest BCUT2D eigenvalue weighted by Gasteiger charge is 2.31. The van der Waals surface area contributed by atoms with Gasteiger partial charge in [0.1, 0.15) is 6.10 Å². The molecule has 0 amide bonds. The Balaban J connectivity index is 1.62. The van der Waals surface area contributed by atoms with Crippen LogP contribution in [0.2, 0.25) is 0 Å². The van der Waals surface area contributed by atoms with Crippen molar-refractivity contribution >= 4 is 17.1 Å². The van der Waals surface area contributed by atoms with Crippen LogP contribution in [0, 0.1) is 0 Å². The number of methoxy groups -OCH3 is 1. The van der Waals surface area contributed by atoms with Crippen molar-refractivity contribution in [2.24, 2.45) is 0 Å². The van der Waals surface area contributed by atoms with E-state index in [4.69, 9.17) is 4.74 Å². The zero-order valence-electron chi connectivity index (χ0n) is 13.5. The van der Waals surface area contributed by atoms with Crippen molar-refractivity contribution in [2.45, 2.75) is 25.0 Å². The molecule has 3 rings (SSSR count). The zero-order valence-corrected chi connectivity index (χ0v) is 13.5. The van der Waals surface area contributed by atoms with E-state index in [1.165, 1.54) is 13.3 Å². The van der Waals surface area contributed by atoms with Gasteiger partial charge in [-0.25, -0.2) is 4.79 Å². The van der Waals surface area contributed by atoms with Gasteiger partial charge in [0.15, 0.2) is 0 Å². The largest absolute Gasteiger partial charge is 0.508 e. The highest BCUT2D eigenvalue weighted by molar-refractivity contribution is 5.83. The second-order valence-electron chi connectivity index (χ2n) is 6.00. The Morgan fingerprint density at radius 2 is 2.21 bits per heavy atom. The fourth-order valence-corrected chi connectivity index (χ4v) is 3.14. The number of para-hydroxylation sites is 1. The molecule has 0 saturated carbocycles. The van der Waals surface area contributed by atoms with Gasteiger partial charge in [-0.1, -0.05) is 22.7 Å². The van der Waals surface area contributed by atoms with Gasteiger partial charge in [0, 0.05) is 31.2 Å². The standard InChI is InChI=1S/C17H21FN2O4/c1-23-17(22)24-16-11-19(9-7-15(16)21)8-6-12-10-20(18)14-5-3-2-4-13(12)14/h2-5,10,15-16,21H,6-9,11H2,1H3/t15-,16-/m0/s1. The first-order valence-electron chi connectivity index (χ1n) is 7.98. The number of hydrogen-bond acceptors (Lipinski definition) is 5. The Kier molecular flexibility index (Phi) is 5.01. The molecule has 1 saturated heterocycles. The molecule has 1 aromatic heterocycles. The minimum absolute atomic E-state index is 0.435. The van der Waals surface area contributed by atoms with E-state index < -0.39 is 18.4 Å². The van der Waals surface area contributed by atoms with Crippen molar-refractivity contribution in [1.29, 1.82) is 0 Å². The number of aromatic nitrogens is 1. The van der Waals surface area contributed by atoms with Gasteiger partial charge in [0.25, 0.3) is 0 Å². The second-order valence-corrected chi connectivity index (χ2v) is 6.00. The molecule has 130 valence electrons. The maximum atomic E-state index is 13.9. The van der Waals surface area contributed by atoms with Crippen molar-refractivity contribution in [3.63, 3.8) is 0 Å². The molecule has 2 aromatic rings. The number of aliphatic hydroxyl groups is 1. The van der Waals surface area contributed by atoms with E-state index in [0.717, 1.165) is 10.9 Å². The Hall–Kier alpha value is -2.12. The fourth-order valence-electron chi connectivity index (χ4n) is 3.14. The van der Waals surface area contributed by atoms with Crippen molar-refractivity contribution in [1.82, 2.24) is 9.69 Å². The summed E-state index contributed by atoms with van der Waals surface area (Å²) in [6.07, 6.45) is 0.625. The van der Waals surface area contributed by atoms with Crippen LogP contribution in [0.4, 0.5) is 9.28 Å². The summed E-state index contributed by atoms with van der Waals surface area (Å²) in [5, 5.41) is 10.9. The van der Waals surface area contributed by atoms with Crippen molar-refractivity contribution < 1.29 is 23.9 Å². The number of rotatable bonds is 4. The van der Waals surface area contributed by atoms with Crippen LogP contribution in [0.15, 0.2) is 30.5 Å².